The zero-order valence-electron chi connectivity index (χ0n) is 40.3. The number of aromatic nitrogens is 3. The Bertz CT molecular complexity index is 3690. The van der Waals surface area contributed by atoms with Gasteiger partial charge in [0.1, 0.15) is 0 Å². The van der Waals surface area contributed by atoms with Gasteiger partial charge in [-0.25, -0.2) is 9.97 Å². The van der Waals surface area contributed by atoms with Crippen LogP contribution in [0.5, 0.6) is 0 Å². The molecule has 71 heavy (non-hydrogen) atoms. The van der Waals surface area contributed by atoms with E-state index in [9.17, 15) is 0 Å². The Hall–Kier alpha value is -8.66. The van der Waals surface area contributed by atoms with Crippen molar-refractivity contribution in [1.29, 1.82) is 0 Å². The van der Waals surface area contributed by atoms with Crippen LogP contribution in [0.2, 0.25) is 0 Å². The maximum atomic E-state index is 5.44. The van der Waals surface area contributed by atoms with Gasteiger partial charge in [0.05, 0.1) is 28.1 Å². The Balaban J connectivity index is 1.15. The molecule has 0 amide bonds. The normalized spacial score (nSPS) is 12.6. The van der Waals surface area contributed by atoms with Crippen molar-refractivity contribution >= 4 is 27.4 Å². The lowest BCUT2D eigenvalue weighted by Crippen LogP contribution is -2.10. The highest BCUT2D eigenvalue weighted by Crippen LogP contribution is 2.46. The lowest BCUT2D eigenvalue weighted by molar-refractivity contribution is 0.590. The van der Waals surface area contributed by atoms with E-state index in [-0.39, 0.29) is 5.41 Å². The van der Waals surface area contributed by atoms with Gasteiger partial charge in [-0.15, -0.1) is 0 Å². The summed E-state index contributed by atoms with van der Waals surface area (Å²) in [4.78, 5) is 10.7. The second kappa shape index (κ2) is 18.3. The van der Waals surface area contributed by atoms with Crippen LogP contribution in [-0.4, -0.2) is 14.5 Å². The number of hydrogen-bond donors (Lipinski definition) is 0. The SMILES string of the molecule is CC(C)(C)c1ccc(-c2cc(-c3cc(-c4ccc(C5=CCCC=C5)cc4)nc(-c4ccccc4)n3)cc(-c3ccccc3)c2-n2c3ccc(-c4ccccc4)cc3c3cc(-c4ccccc4)ccc32)cc1. The van der Waals surface area contributed by atoms with Gasteiger partial charge in [-0.2, -0.15) is 0 Å². The van der Waals surface area contributed by atoms with Gasteiger partial charge in [0.25, 0.3) is 0 Å². The summed E-state index contributed by atoms with van der Waals surface area (Å²) in [5.74, 6) is 0.687. The van der Waals surface area contributed by atoms with E-state index in [0.29, 0.717) is 5.82 Å². The first-order chi connectivity index (χ1) is 34.8. The lowest BCUT2D eigenvalue weighted by atomic mass is 9.85. The molecule has 1 aliphatic carbocycles. The minimum atomic E-state index is -0.00832. The van der Waals surface area contributed by atoms with Crippen molar-refractivity contribution < 1.29 is 0 Å². The third kappa shape index (κ3) is 8.51. The number of nitrogens with zero attached hydrogens (tertiary/aromatic N) is 3. The Morgan fingerprint density at radius 2 is 0.831 bits per heavy atom. The first kappa shape index (κ1) is 43.6. The standard InChI is InChI=1S/C68H53N3/c1-68(2,3)57-37-33-51(34-38-57)59-44-56(63-45-62(69-67(70-63)53-27-17-8-18-28-53)52-31-29-49(30-32-52)46-19-9-4-10-20-46)43-58(50-25-15-7-16-26-50)66(59)71-64-39-35-54(47-21-11-5-12-22-47)41-60(64)61-42-55(36-40-65(61)71)48-23-13-6-14-24-48/h5-9,11-45H,4,10H2,1-3H3. The van der Waals surface area contributed by atoms with Crippen molar-refractivity contribution in [3.63, 3.8) is 0 Å². The Morgan fingerprint density at radius 3 is 1.34 bits per heavy atom. The van der Waals surface area contributed by atoms with Crippen LogP contribution in [0.3, 0.4) is 0 Å². The first-order valence-corrected chi connectivity index (χ1v) is 24.8. The molecule has 3 nitrogen and oxygen atoms in total. The zero-order valence-corrected chi connectivity index (χ0v) is 40.3. The van der Waals surface area contributed by atoms with Crippen LogP contribution in [0, 0.1) is 0 Å². The summed E-state index contributed by atoms with van der Waals surface area (Å²) in [6, 6.07) is 81.6. The summed E-state index contributed by atoms with van der Waals surface area (Å²) in [6.45, 7) is 6.84. The van der Waals surface area contributed by atoms with Gasteiger partial charge in [-0.05, 0) is 111 Å². The average molecular weight is 912 g/mol. The average Bonchev–Trinajstić information content (AvgIpc) is 3.76. The molecule has 2 aromatic heterocycles. The molecule has 0 fully saturated rings. The minimum absolute atomic E-state index is 0.00832. The van der Waals surface area contributed by atoms with Crippen molar-refractivity contribution in [3.8, 4) is 84.1 Å². The quantitative estimate of drug-likeness (QED) is 0.144. The highest BCUT2D eigenvalue weighted by atomic mass is 15.0. The molecule has 0 saturated carbocycles. The Labute approximate surface area is 416 Å². The monoisotopic (exact) mass is 911 g/mol. The maximum Gasteiger partial charge on any atom is 0.160 e. The van der Waals surface area contributed by atoms with Crippen LogP contribution in [0.1, 0.15) is 44.7 Å². The third-order valence-electron chi connectivity index (χ3n) is 14.0. The minimum Gasteiger partial charge on any atom is -0.308 e. The summed E-state index contributed by atoms with van der Waals surface area (Å²) in [7, 11) is 0. The van der Waals surface area contributed by atoms with Crippen molar-refractivity contribution in [1.82, 2.24) is 14.5 Å². The van der Waals surface area contributed by atoms with Crippen LogP contribution >= 0.6 is 0 Å². The third-order valence-corrected chi connectivity index (χ3v) is 14.0. The molecule has 0 atom stereocenters. The van der Waals surface area contributed by atoms with Crippen molar-refractivity contribution in [2.24, 2.45) is 0 Å². The maximum absolute atomic E-state index is 5.44. The van der Waals surface area contributed by atoms with E-state index < -0.39 is 0 Å². The molecule has 3 heteroatoms. The van der Waals surface area contributed by atoms with Crippen LogP contribution in [0.4, 0.5) is 0 Å². The number of benzene rings is 9. The summed E-state index contributed by atoms with van der Waals surface area (Å²) in [5, 5.41) is 2.40. The van der Waals surface area contributed by atoms with Gasteiger partial charge in [-0.1, -0.05) is 221 Å². The summed E-state index contributed by atoms with van der Waals surface area (Å²) in [5.41, 5.74) is 21.1. The van der Waals surface area contributed by atoms with Crippen molar-refractivity contribution in [3.05, 3.63) is 254 Å². The van der Waals surface area contributed by atoms with Gasteiger partial charge in [0.15, 0.2) is 5.82 Å². The number of hydrogen-bond acceptors (Lipinski definition) is 2. The molecule has 0 spiro atoms. The van der Waals surface area contributed by atoms with Crippen LogP contribution in [0.15, 0.2) is 243 Å². The van der Waals surface area contributed by atoms with E-state index in [1.165, 1.54) is 49.7 Å². The van der Waals surface area contributed by atoms with E-state index in [1.54, 1.807) is 0 Å². The second-order valence-electron chi connectivity index (χ2n) is 19.7. The summed E-state index contributed by atoms with van der Waals surface area (Å²) in [6.07, 6.45) is 8.99. The van der Waals surface area contributed by atoms with E-state index in [0.717, 1.165) is 79.9 Å². The van der Waals surface area contributed by atoms with Gasteiger partial charge in [-0.3, -0.25) is 0 Å². The topological polar surface area (TPSA) is 30.7 Å². The zero-order chi connectivity index (χ0) is 47.9. The molecule has 11 aromatic rings. The van der Waals surface area contributed by atoms with Gasteiger partial charge >= 0.3 is 0 Å². The van der Waals surface area contributed by atoms with E-state index in [1.807, 2.05) is 6.07 Å². The van der Waals surface area contributed by atoms with Crippen LogP contribution < -0.4 is 0 Å². The fourth-order valence-electron chi connectivity index (χ4n) is 10.2. The predicted octanol–water partition coefficient (Wildman–Crippen LogP) is 18.3. The molecule has 0 N–H and O–H groups in total. The van der Waals surface area contributed by atoms with E-state index in [2.05, 4.69) is 262 Å². The fourth-order valence-corrected chi connectivity index (χ4v) is 10.2. The molecule has 1 aliphatic rings. The second-order valence-corrected chi connectivity index (χ2v) is 19.7. The molecule has 0 aliphatic heterocycles. The molecule has 9 aromatic carbocycles. The molecule has 0 saturated heterocycles. The van der Waals surface area contributed by atoms with Gasteiger partial charge < -0.3 is 4.57 Å². The molecule has 0 radical (unpaired) electrons. The van der Waals surface area contributed by atoms with Gasteiger partial charge in [0.2, 0.25) is 0 Å². The fraction of sp³-hybridized carbons (Fsp3) is 0.0882. The smallest absolute Gasteiger partial charge is 0.160 e. The largest absolute Gasteiger partial charge is 0.308 e. The number of allylic oxidation sites excluding steroid dienone is 4. The molecule has 340 valence electrons. The van der Waals surface area contributed by atoms with Crippen LogP contribution in [0.25, 0.3) is 111 Å². The molecule has 0 bridgehead atoms. The highest BCUT2D eigenvalue weighted by molar-refractivity contribution is 6.13. The van der Waals surface area contributed by atoms with Crippen LogP contribution in [-0.2, 0) is 5.41 Å². The molecule has 2 heterocycles. The molecular weight excluding hydrogens is 859 g/mol. The lowest BCUT2D eigenvalue weighted by Gasteiger charge is -2.23. The molecule has 0 unspecified atom stereocenters. The van der Waals surface area contributed by atoms with Crippen molar-refractivity contribution in [2.75, 3.05) is 0 Å². The number of rotatable bonds is 9. The van der Waals surface area contributed by atoms with Gasteiger partial charge in [0, 0.05) is 38.6 Å². The van der Waals surface area contributed by atoms with Crippen molar-refractivity contribution in [2.45, 2.75) is 39.0 Å². The first-order valence-electron chi connectivity index (χ1n) is 24.8. The number of fused-ring (bicyclic) bond motifs is 3. The summed E-state index contributed by atoms with van der Waals surface area (Å²) < 4.78 is 2.52. The Morgan fingerprint density at radius 1 is 0.380 bits per heavy atom. The highest BCUT2D eigenvalue weighted by Gasteiger charge is 2.24. The predicted molar refractivity (Wildman–Crippen MR) is 299 cm³/mol. The molecule has 12 rings (SSSR count). The summed E-state index contributed by atoms with van der Waals surface area (Å²) >= 11 is 0. The van der Waals surface area contributed by atoms with E-state index in [4.69, 9.17) is 9.97 Å². The van der Waals surface area contributed by atoms with E-state index >= 15 is 0 Å². The molecular formula is C68H53N3. The Kier molecular flexibility index (Phi) is 11.3.